The Morgan fingerprint density at radius 3 is 2.85 bits per heavy atom. The topological polar surface area (TPSA) is 119 Å². The quantitative estimate of drug-likeness (QED) is 0.738. The zero-order valence-electron chi connectivity index (χ0n) is 13.9. The SMILES string of the molecule is CS(=O)(=O)N1CCCC1C(=O)Nc1nnc(-c2cc3ccccc3o2)o1. The summed E-state index contributed by atoms with van der Waals surface area (Å²) in [6.07, 6.45) is 2.16. The molecule has 1 saturated heterocycles. The van der Waals surface area contributed by atoms with E-state index >= 15 is 0 Å². The van der Waals surface area contributed by atoms with Crippen molar-refractivity contribution in [2.45, 2.75) is 18.9 Å². The van der Waals surface area contributed by atoms with Crippen LogP contribution in [0.2, 0.25) is 0 Å². The van der Waals surface area contributed by atoms with Crippen molar-refractivity contribution in [1.29, 1.82) is 0 Å². The van der Waals surface area contributed by atoms with Crippen molar-refractivity contribution in [1.82, 2.24) is 14.5 Å². The molecule has 1 aliphatic rings. The lowest BCUT2D eigenvalue weighted by molar-refractivity contribution is -0.119. The minimum absolute atomic E-state index is 0.106. The number of nitrogens with zero attached hydrogens (tertiary/aromatic N) is 3. The molecular weight excluding hydrogens is 360 g/mol. The third-order valence-electron chi connectivity index (χ3n) is 4.22. The number of para-hydroxylation sites is 1. The van der Waals surface area contributed by atoms with Crippen molar-refractivity contribution >= 4 is 32.9 Å². The molecule has 1 atom stereocenters. The first-order valence-electron chi connectivity index (χ1n) is 8.02. The van der Waals surface area contributed by atoms with E-state index in [9.17, 15) is 13.2 Å². The molecule has 0 radical (unpaired) electrons. The van der Waals surface area contributed by atoms with Gasteiger partial charge in [-0.1, -0.05) is 23.3 Å². The number of benzene rings is 1. The van der Waals surface area contributed by atoms with Crippen LogP contribution in [-0.2, 0) is 14.8 Å². The second kappa shape index (κ2) is 6.22. The van der Waals surface area contributed by atoms with Crippen LogP contribution < -0.4 is 5.32 Å². The maximum Gasteiger partial charge on any atom is 0.322 e. The van der Waals surface area contributed by atoms with E-state index in [2.05, 4.69) is 15.5 Å². The Morgan fingerprint density at radius 1 is 1.27 bits per heavy atom. The highest BCUT2D eigenvalue weighted by Crippen LogP contribution is 2.28. The number of furan rings is 1. The van der Waals surface area contributed by atoms with Crippen LogP contribution in [-0.4, -0.2) is 47.7 Å². The van der Waals surface area contributed by atoms with E-state index in [1.165, 1.54) is 4.31 Å². The lowest BCUT2D eigenvalue weighted by atomic mass is 10.2. The Balaban J connectivity index is 1.52. The van der Waals surface area contributed by atoms with Crippen LogP contribution in [0.4, 0.5) is 6.01 Å². The zero-order valence-corrected chi connectivity index (χ0v) is 14.7. The fourth-order valence-corrected chi connectivity index (χ4v) is 4.17. The van der Waals surface area contributed by atoms with E-state index in [0.29, 0.717) is 30.7 Å². The largest absolute Gasteiger partial charge is 0.451 e. The van der Waals surface area contributed by atoms with Gasteiger partial charge in [0.1, 0.15) is 11.6 Å². The van der Waals surface area contributed by atoms with Gasteiger partial charge in [-0.05, 0) is 25.0 Å². The average Bonchev–Trinajstić information content (AvgIpc) is 3.32. The molecule has 26 heavy (non-hydrogen) atoms. The molecular formula is C16H16N4O5S. The van der Waals surface area contributed by atoms with Gasteiger partial charge < -0.3 is 8.83 Å². The molecule has 1 aliphatic heterocycles. The molecule has 0 aliphatic carbocycles. The maximum atomic E-state index is 12.4. The Kier molecular flexibility index (Phi) is 4.00. The number of amides is 1. The van der Waals surface area contributed by atoms with Gasteiger partial charge in [-0.3, -0.25) is 10.1 Å². The first kappa shape index (κ1) is 16.7. The van der Waals surface area contributed by atoms with Crippen LogP contribution in [0.15, 0.2) is 39.2 Å². The van der Waals surface area contributed by atoms with E-state index < -0.39 is 22.0 Å². The number of carbonyl (C=O) groups is 1. The van der Waals surface area contributed by atoms with Gasteiger partial charge in [-0.25, -0.2) is 8.42 Å². The van der Waals surface area contributed by atoms with Crippen molar-refractivity contribution in [3.8, 4) is 11.7 Å². The first-order valence-corrected chi connectivity index (χ1v) is 9.87. The summed E-state index contributed by atoms with van der Waals surface area (Å²) in [5.41, 5.74) is 0.682. The summed E-state index contributed by atoms with van der Waals surface area (Å²) in [6, 6.07) is 8.33. The first-order chi connectivity index (χ1) is 12.4. The van der Waals surface area contributed by atoms with Gasteiger partial charge in [-0.15, -0.1) is 5.10 Å². The van der Waals surface area contributed by atoms with Gasteiger partial charge in [0.05, 0.1) is 6.26 Å². The summed E-state index contributed by atoms with van der Waals surface area (Å²) >= 11 is 0. The lowest BCUT2D eigenvalue weighted by Crippen LogP contribution is -2.42. The highest BCUT2D eigenvalue weighted by molar-refractivity contribution is 7.88. The van der Waals surface area contributed by atoms with Gasteiger partial charge in [0, 0.05) is 11.9 Å². The second-order valence-corrected chi connectivity index (χ2v) is 8.02. The summed E-state index contributed by atoms with van der Waals surface area (Å²) in [6.45, 7) is 0.324. The van der Waals surface area contributed by atoms with Gasteiger partial charge in [-0.2, -0.15) is 4.31 Å². The maximum absolute atomic E-state index is 12.4. The fourth-order valence-electron chi connectivity index (χ4n) is 3.05. The fraction of sp³-hybridized carbons (Fsp3) is 0.312. The Bertz CT molecular complexity index is 1040. The predicted octanol–water partition coefficient (Wildman–Crippen LogP) is 1.85. The minimum Gasteiger partial charge on any atom is -0.451 e. The molecule has 1 unspecified atom stereocenters. The van der Waals surface area contributed by atoms with E-state index in [4.69, 9.17) is 8.83 Å². The highest BCUT2D eigenvalue weighted by Gasteiger charge is 2.37. The zero-order chi connectivity index (χ0) is 18.3. The monoisotopic (exact) mass is 376 g/mol. The van der Waals surface area contributed by atoms with Crippen molar-refractivity contribution in [3.63, 3.8) is 0 Å². The smallest absolute Gasteiger partial charge is 0.322 e. The summed E-state index contributed by atoms with van der Waals surface area (Å²) in [7, 11) is -3.45. The molecule has 0 spiro atoms. The van der Waals surface area contributed by atoms with E-state index in [1.807, 2.05) is 24.3 Å². The van der Waals surface area contributed by atoms with Crippen LogP contribution in [0.5, 0.6) is 0 Å². The molecule has 2 aromatic heterocycles. The molecule has 4 rings (SSSR count). The minimum atomic E-state index is -3.45. The molecule has 9 nitrogen and oxygen atoms in total. The number of nitrogens with one attached hydrogen (secondary N) is 1. The third-order valence-corrected chi connectivity index (χ3v) is 5.51. The number of fused-ring (bicyclic) bond motifs is 1. The number of rotatable bonds is 4. The molecule has 1 fully saturated rings. The van der Waals surface area contributed by atoms with Crippen LogP contribution in [0.1, 0.15) is 12.8 Å². The van der Waals surface area contributed by atoms with Crippen LogP contribution in [0, 0.1) is 0 Å². The molecule has 0 bridgehead atoms. The molecule has 1 amide bonds. The molecule has 136 valence electrons. The highest BCUT2D eigenvalue weighted by atomic mass is 32.2. The molecule has 3 heterocycles. The molecule has 10 heteroatoms. The number of hydrogen-bond donors (Lipinski definition) is 1. The third kappa shape index (κ3) is 3.08. The standard InChI is InChI=1S/C16H16N4O5S/c1-26(22,23)20-8-4-6-11(20)14(21)17-16-19-18-15(25-16)13-9-10-5-2-3-7-12(10)24-13/h2-3,5,7,9,11H,4,6,8H2,1H3,(H,17,19,21). The van der Waals surface area contributed by atoms with E-state index in [-0.39, 0.29) is 11.9 Å². The summed E-state index contributed by atoms with van der Waals surface area (Å²) < 4.78 is 35.8. The van der Waals surface area contributed by atoms with E-state index in [0.717, 1.165) is 11.6 Å². The van der Waals surface area contributed by atoms with Gasteiger partial charge in [0.25, 0.3) is 5.89 Å². The lowest BCUT2D eigenvalue weighted by Gasteiger charge is -2.20. The molecule has 1 N–H and O–H groups in total. The van der Waals surface area contributed by atoms with Gasteiger partial charge in [0.15, 0.2) is 5.76 Å². The van der Waals surface area contributed by atoms with Crippen molar-refractivity contribution in [2.75, 3.05) is 18.1 Å². The van der Waals surface area contributed by atoms with Crippen LogP contribution in [0.25, 0.3) is 22.6 Å². The molecule has 1 aromatic carbocycles. The number of anilines is 1. The number of aromatic nitrogens is 2. The number of sulfonamides is 1. The second-order valence-electron chi connectivity index (χ2n) is 6.08. The van der Waals surface area contributed by atoms with Gasteiger partial charge in [0.2, 0.25) is 15.9 Å². The molecule has 0 saturated carbocycles. The predicted molar refractivity (Wildman–Crippen MR) is 92.7 cm³/mol. The molecule has 3 aromatic rings. The number of carbonyl (C=O) groups excluding carboxylic acids is 1. The van der Waals surface area contributed by atoms with Crippen LogP contribution in [0.3, 0.4) is 0 Å². The Morgan fingerprint density at radius 2 is 2.08 bits per heavy atom. The number of hydrogen-bond acceptors (Lipinski definition) is 7. The van der Waals surface area contributed by atoms with E-state index in [1.54, 1.807) is 6.07 Å². The summed E-state index contributed by atoms with van der Waals surface area (Å²) in [4.78, 5) is 12.4. The Labute approximate surface area is 149 Å². The van der Waals surface area contributed by atoms with Gasteiger partial charge >= 0.3 is 6.01 Å². The summed E-state index contributed by atoms with van der Waals surface area (Å²) in [5, 5.41) is 11.0. The average molecular weight is 376 g/mol. The van der Waals surface area contributed by atoms with Crippen molar-refractivity contribution in [2.24, 2.45) is 0 Å². The normalized spacial score (nSPS) is 18.4. The summed E-state index contributed by atoms with van der Waals surface area (Å²) in [5.74, 6) is 0.0217. The van der Waals surface area contributed by atoms with Crippen molar-refractivity contribution in [3.05, 3.63) is 30.3 Å². The Hall–Kier alpha value is -2.72. The van der Waals surface area contributed by atoms with Crippen LogP contribution >= 0.6 is 0 Å². The van der Waals surface area contributed by atoms with Crippen molar-refractivity contribution < 1.29 is 22.0 Å².